The first kappa shape index (κ1) is 20.8. The largest absolute Gasteiger partial charge is 0.467 e. The number of nitrogens with one attached hydrogen (secondary N) is 1. The van der Waals surface area contributed by atoms with E-state index in [9.17, 15) is 9.59 Å². The van der Waals surface area contributed by atoms with Crippen molar-refractivity contribution in [1.82, 2.24) is 19.8 Å². The lowest BCUT2D eigenvalue weighted by Crippen LogP contribution is -2.65. The fraction of sp³-hybridized carbons (Fsp3) is 0.480. The zero-order valence-corrected chi connectivity index (χ0v) is 18.9. The lowest BCUT2D eigenvalue weighted by atomic mass is 9.77. The van der Waals surface area contributed by atoms with Gasteiger partial charge in [-0.1, -0.05) is 38.8 Å². The van der Waals surface area contributed by atoms with Gasteiger partial charge in [-0.15, -0.1) is 0 Å². The number of benzene rings is 1. The highest BCUT2D eigenvalue weighted by molar-refractivity contribution is 6.01. The first-order chi connectivity index (χ1) is 15.4. The number of aromatic nitrogens is 2. The minimum atomic E-state index is -1.07. The van der Waals surface area contributed by atoms with Crippen molar-refractivity contribution in [2.75, 3.05) is 0 Å². The van der Waals surface area contributed by atoms with Gasteiger partial charge in [-0.25, -0.2) is 4.98 Å². The van der Waals surface area contributed by atoms with Gasteiger partial charge in [-0.2, -0.15) is 0 Å². The number of rotatable bonds is 4. The van der Waals surface area contributed by atoms with Gasteiger partial charge in [0.05, 0.1) is 30.4 Å². The molecule has 3 aromatic rings. The molecule has 1 aliphatic carbocycles. The summed E-state index contributed by atoms with van der Waals surface area (Å²) in [6, 6.07) is 11.4. The second-order valence-electron chi connectivity index (χ2n) is 9.60. The standard InChI is InChI=1S/C25H30N4O3/c1-16-8-6-11-19(17(16)2)27-24(31)25(3)15-28-21-12-5-4-10-20(21)26-22(28)23(30)29(25)14-18-9-7-13-32-18/h4-5,7,9-10,12-13,16-17,19H,6,8,11,14-15H2,1-3H3,(H,27,31)/t16-,17+,19+,25+/m1/s1. The molecule has 1 N–H and O–H groups in total. The number of para-hydroxylation sites is 2. The van der Waals surface area contributed by atoms with Crippen LogP contribution in [-0.4, -0.2) is 37.8 Å². The minimum Gasteiger partial charge on any atom is -0.467 e. The van der Waals surface area contributed by atoms with Crippen LogP contribution in [0, 0.1) is 11.8 Å². The van der Waals surface area contributed by atoms with E-state index >= 15 is 0 Å². The van der Waals surface area contributed by atoms with Crippen LogP contribution in [-0.2, 0) is 17.9 Å². The number of carbonyl (C=O) groups excluding carboxylic acids is 2. The zero-order valence-electron chi connectivity index (χ0n) is 18.9. The number of hydrogen-bond donors (Lipinski definition) is 1. The normalized spacial score (nSPS) is 28.0. The van der Waals surface area contributed by atoms with E-state index in [2.05, 4.69) is 24.1 Å². The summed E-state index contributed by atoms with van der Waals surface area (Å²) in [5.74, 6) is 1.60. The third-order valence-electron chi connectivity index (χ3n) is 7.56. The van der Waals surface area contributed by atoms with Gasteiger partial charge < -0.3 is 19.2 Å². The third-order valence-corrected chi connectivity index (χ3v) is 7.56. The summed E-state index contributed by atoms with van der Waals surface area (Å²) in [4.78, 5) is 33.7. The van der Waals surface area contributed by atoms with Gasteiger partial charge in [0.15, 0.2) is 5.82 Å². The lowest BCUT2D eigenvalue weighted by Gasteiger charge is -2.45. The maximum atomic E-state index is 13.8. The molecule has 1 fully saturated rings. The number of carbonyl (C=O) groups is 2. The Kier molecular flexibility index (Phi) is 5.07. The molecule has 2 aliphatic rings. The molecule has 0 bridgehead atoms. The molecule has 2 amide bonds. The molecule has 1 aromatic carbocycles. The molecule has 4 atom stereocenters. The average Bonchev–Trinajstić information content (AvgIpc) is 3.42. The van der Waals surface area contributed by atoms with Crippen LogP contribution in [0.25, 0.3) is 11.0 Å². The Hall–Kier alpha value is -3.09. The first-order valence-corrected chi connectivity index (χ1v) is 11.5. The Morgan fingerprint density at radius 3 is 2.81 bits per heavy atom. The predicted octanol–water partition coefficient (Wildman–Crippen LogP) is 3.98. The Bertz CT molecular complexity index is 1150. The smallest absolute Gasteiger partial charge is 0.291 e. The summed E-state index contributed by atoms with van der Waals surface area (Å²) < 4.78 is 7.42. The molecule has 7 nitrogen and oxygen atoms in total. The van der Waals surface area contributed by atoms with Crippen molar-refractivity contribution in [3.8, 4) is 0 Å². The molecule has 32 heavy (non-hydrogen) atoms. The Labute approximate surface area is 187 Å². The maximum Gasteiger partial charge on any atom is 0.291 e. The van der Waals surface area contributed by atoms with Crippen molar-refractivity contribution < 1.29 is 14.0 Å². The molecule has 168 valence electrons. The van der Waals surface area contributed by atoms with Crippen LogP contribution < -0.4 is 5.32 Å². The summed E-state index contributed by atoms with van der Waals surface area (Å²) in [6.45, 7) is 6.89. The van der Waals surface area contributed by atoms with Crippen molar-refractivity contribution >= 4 is 22.8 Å². The van der Waals surface area contributed by atoms with E-state index in [1.807, 2.05) is 41.8 Å². The second-order valence-corrected chi connectivity index (χ2v) is 9.60. The second kappa shape index (κ2) is 7.80. The Morgan fingerprint density at radius 2 is 2.03 bits per heavy atom. The molecule has 1 saturated carbocycles. The van der Waals surface area contributed by atoms with E-state index in [4.69, 9.17) is 4.42 Å². The molecular formula is C25H30N4O3. The molecule has 7 heteroatoms. The first-order valence-electron chi connectivity index (χ1n) is 11.5. The molecule has 0 saturated heterocycles. The average molecular weight is 435 g/mol. The number of hydrogen-bond acceptors (Lipinski definition) is 4. The summed E-state index contributed by atoms with van der Waals surface area (Å²) in [5, 5.41) is 3.31. The topological polar surface area (TPSA) is 80.4 Å². The molecular weight excluding hydrogens is 404 g/mol. The van der Waals surface area contributed by atoms with Crippen LogP contribution >= 0.6 is 0 Å². The summed E-state index contributed by atoms with van der Waals surface area (Å²) in [6.07, 6.45) is 4.86. The molecule has 0 unspecified atom stereocenters. The predicted molar refractivity (Wildman–Crippen MR) is 121 cm³/mol. The molecule has 2 aromatic heterocycles. The van der Waals surface area contributed by atoms with Gasteiger partial charge in [-0.3, -0.25) is 9.59 Å². The van der Waals surface area contributed by atoms with E-state index in [1.54, 1.807) is 17.2 Å². The van der Waals surface area contributed by atoms with Crippen molar-refractivity contribution in [1.29, 1.82) is 0 Å². The molecule has 0 spiro atoms. The van der Waals surface area contributed by atoms with E-state index in [-0.39, 0.29) is 24.4 Å². The van der Waals surface area contributed by atoms with Crippen molar-refractivity contribution in [3.05, 3.63) is 54.2 Å². The highest BCUT2D eigenvalue weighted by Gasteiger charge is 2.49. The van der Waals surface area contributed by atoms with E-state index in [1.165, 1.54) is 6.42 Å². The van der Waals surface area contributed by atoms with Crippen LogP contribution in [0.1, 0.15) is 56.4 Å². The fourth-order valence-electron chi connectivity index (χ4n) is 5.25. The summed E-state index contributed by atoms with van der Waals surface area (Å²) in [5.41, 5.74) is 0.557. The number of nitrogens with zero attached hydrogens (tertiary/aromatic N) is 3. The number of amides is 2. The minimum absolute atomic E-state index is 0.115. The van der Waals surface area contributed by atoms with Gasteiger partial charge in [0, 0.05) is 6.04 Å². The number of fused-ring (bicyclic) bond motifs is 3. The summed E-state index contributed by atoms with van der Waals surface area (Å²) in [7, 11) is 0. The van der Waals surface area contributed by atoms with Gasteiger partial charge >= 0.3 is 0 Å². The highest BCUT2D eigenvalue weighted by atomic mass is 16.3. The van der Waals surface area contributed by atoms with Crippen molar-refractivity contribution in [2.24, 2.45) is 11.8 Å². The Morgan fingerprint density at radius 1 is 1.22 bits per heavy atom. The third kappa shape index (κ3) is 3.31. The van der Waals surface area contributed by atoms with Gasteiger partial charge in [0.25, 0.3) is 5.91 Å². The molecule has 3 heterocycles. The Balaban J connectivity index is 1.53. The van der Waals surface area contributed by atoms with E-state index < -0.39 is 5.54 Å². The van der Waals surface area contributed by atoms with E-state index in [0.717, 1.165) is 23.9 Å². The molecule has 1 aliphatic heterocycles. The molecule has 0 radical (unpaired) electrons. The number of imidazole rings is 1. The quantitative estimate of drug-likeness (QED) is 0.673. The monoisotopic (exact) mass is 434 g/mol. The lowest BCUT2D eigenvalue weighted by molar-refractivity contribution is -0.134. The van der Waals surface area contributed by atoms with Gasteiger partial charge in [0.2, 0.25) is 5.91 Å². The van der Waals surface area contributed by atoms with Crippen LogP contribution in [0.15, 0.2) is 47.1 Å². The van der Waals surface area contributed by atoms with Crippen LogP contribution in [0.2, 0.25) is 0 Å². The fourth-order valence-corrected chi connectivity index (χ4v) is 5.25. The number of furan rings is 1. The van der Waals surface area contributed by atoms with Crippen molar-refractivity contribution in [3.63, 3.8) is 0 Å². The highest BCUT2D eigenvalue weighted by Crippen LogP contribution is 2.34. The van der Waals surface area contributed by atoms with Crippen LogP contribution in [0.5, 0.6) is 0 Å². The van der Waals surface area contributed by atoms with Gasteiger partial charge in [-0.05, 0) is 49.4 Å². The zero-order chi connectivity index (χ0) is 22.5. The molecule has 5 rings (SSSR count). The SMILES string of the molecule is C[C@H]1[C@H](C)CCC[C@@H]1NC(=O)[C@]1(C)Cn2c(nc3ccccc32)C(=O)N1Cc1ccco1. The summed E-state index contributed by atoms with van der Waals surface area (Å²) >= 11 is 0. The van der Waals surface area contributed by atoms with Gasteiger partial charge in [0.1, 0.15) is 11.3 Å². The van der Waals surface area contributed by atoms with Crippen LogP contribution in [0.4, 0.5) is 0 Å². The van der Waals surface area contributed by atoms with Crippen LogP contribution in [0.3, 0.4) is 0 Å². The maximum absolute atomic E-state index is 13.8. The van der Waals surface area contributed by atoms with Crippen molar-refractivity contribution in [2.45, 2.75) is 64.7 Å². The van der Waals surface area contributed by atoms with E-state index in [0.29, 0.717) is 30.0 Å².